The third-order valence-corrected chi connectivity index (χ3v) is 8.54. The monoisotopic (exact) mass is 504 g/mol. The lowest BCUT2D eigenvalue weighted by Crippen LogP contribution is -2.28. The first-order valence-electron chi connectivity index (χ1n) is 10.2. The van der Waals surface area contributed by atoms with E-state index in [9.17, 15) is 18.0 Å². The number of nitrogens with zero attached hydrogens (tertiary/aromatic N) is 3. The first-order valence-corrected chi connectivity index (χ1v) is 13.5. The molecule has 0 bridgehead atoms. The number of benzene rings is 2. The highest BCUT2D eigenvalue weighted by Gasteiger charge is 2.21. The van der Waals surface area contributed by atoms with Gasteiger partial charge in [0.2, 0.25) is 15.2 Å². The highest BCUT2D eigenvalue weighted by molar-refractivity contribution is 8.01. The van der Waals surface area contributed by atoms with Crippen LogP contribution in [0, 0.1) is 0 Å². The average Bonchev–Trinajstić information content (AvgIpc) is 3.28. The van der Waals surface area contributed by atoms with Gasteiger partial charge in [0, 0.05) is 24.7 Å². The summed E-state index contributed by atoms with van der Waals surface area (Å²) in [4.78, 5) is 24.9. The number of hydrogen-bond acceptors (Lipinski definition) is 8. The van der Waals surface area contributed by atoms with Crippen LogP contribution in [0.1, 0.15) is 40.5 Å². The minimum absolute atomic E-state index is 0.0169. The van der Waals surface area contributed by atoms with E-state index in [0.29, 0.717) is 27.1 Å². The van der Waals surface area contributed by atoms with Crippen LogP contribution in [0.2, 0.25) is 0 Å². The molecular formula is C22H24N4O4S3. The van der Waals surface area contributed by atoms with Crippen molar-refractivity contribution in [3.63, 3.8) is 0 Å². The Bertz CT molecular complexity index is 1200. The number of Topliss-reactive ketones (excluding diaryl/α,β-unsaturated/α-hetero) is 1. The fourth-order valence-corrected chi connectivity index (χ4v) is 5.63. The molecule has 3 aromatic rings. The maximum Gasteiger partial charge on any atom is 0.257 e. The van der Waals surface area contributed by atoms with E-state index in [1.54, 1.807) is 19.2 Å². The van der Waals surface area contributed by atoms with Crippen LogP contribution in [-0.2, 0) is 10.0 Å². The molecule has 1 heterocycles. The van der Waals surface area contributed by atoms with E-state index >= 15 is 0 Å². The average molecular weight is 505 g/mol. The summed E-state index contributed by atoms with van der Waals surface area (Å²) in [6.07, 6.45) is 1.67. The lowest BCUT2D eigenvalue weighted by molar-refractivity contribution is 0.101. The number of amides is 1. The van der Waals surface area contributed by atoms with Crippen molar-refractivity contribution < 1.29 is 18.0 Å². The van der Waals surface area contributed by atoms with Gasteiger partial charge in [0.15, 0.2) is 10.1 Å². The standard InChI is InChI=1S/C22H24N4O4S3/c1-3-4-14-26(2)33(29,30)18-12-10-17(11-13-18)20(28)23-21-24-25-22(32-21)31-15-19(27)16-8-6-5-7-9-16/h5-13H,3-4,14-15H2,1-2H3,(H,23,24,28). The second kappa shape index (κ2) is 11.5. The minimum Gasteiger partial charge on any atom is -0.296 e. The number of aromatic nitrogens is 2. The third kappa shape index (κ3) is 6.70. The van der Waals surface area contributed by atoms with Crippen LogP contribution >= 0.6 is 23.1 Å². The summed E-state index contributed by atoms with van der Waals surface area (Å²) < 4.78 is 27.1. The van der Waals surface area contributed by atoms with Crippen LogP contribution in [-0.4, -0.2) is 54.0 Å². The van der Waals surface area contributed by atoms with Gasteiger partial charge in [0.1, 0.15) is 0 Å². The Morgan fingerprint density at radius 2 is 1.73 bits per heavy atom. The summed E-state index contributed by atoms with van der Waals surface area (Å²) in [5.74, 6) is -0.224. The molecule has 33 heavy (non-hydrogen) atoms. The second-order valence-electron chi connectivity index (χ2n) is 7.11. The minimum atomic E-state index is -3.59. The number of carbonyl (C=O) groups excluding carboxylic acids is 2. The lowest BCUT2D eigenvalue weighted by atomic mass is 10.2. The van der Waals surface area contributed by atoms with Gasteiger partial charge in [0.05, 0.1) is 10.6 Å². The molecule has 0 unspecified atom stereocenters. The number of thioether (sulfide) groups is 1. The smallest absolute Gasteiger partial charge is 0.257 e. The second-order valence-corrected chi connectivity index (χ2v) is 11.4. The summed E-state index contributed by atoms with van der Waals surface area (Å²) in [7, 11) is -2.05. The van der Waals surface area contributed by atoms with E-state index in [1.165, 1.54) is 51.7 Å². The molecule has 0 saturated carbocycles. The van der Waals surface area contributed by atoms with Crippen molar-refractivity contribution >= 4 is 49.9 Å². The Labute approximate surface area is 201 Å². The topological polar surface area (TPSA) is 109 Å². The Hall–Kier alpha value is -2.60. The number of sulfonamides is 1. The fraction of sp³-hybridized carbons (Fsp3) is 0.273. The summed E-state index contributed by atoms with van der Waals surface area (Å²) in [6, 6.07) is 14.7. The first kappa shape index (κ1) is 25.0. The van der Waals surface area contributed by atoms with E-state index in [4.69, 9.17) is 0 Å². The van der Waals surface area contributed by atoms with Crippen molar-refractivity contribution in [2.24, 2.45) is 0 Å². The predicted molar refractivity (Wildman–Crippen MR) is 131 cm³/mol. The molecule has 3 rings (SSSR count). The number of carbonyl (C=O) groups is 2. The molecule has 1 N–H and O–H groups in total. The molecule has 1 aromatic heterocycles. The highest BCUT2D eigenvalue weighted by atomic mass is 32.2. The summed E-state index contributed by atoms with van der Waals surface area (Å²) in [5.41, 5.74) is 0.930. The van der Waals surface area contributed by atoms with Crippen LogP contribution < -0.4 is 5.32 Å². The first-order chi connectivity index (χ1) is 15.8. The van der Waals surface area contributed by atoms with Crippen LogP contribution in [0.4, 0.5) is 5.13 Å². The molecule has 174 valence electrons. The molecule has 1 amide bonds. The largest absolute Gasteiger partial charge is 0.296 e. The van der Waals surface area contributed by atoms with Gasteiger partial charge in [-0.25, -0.2) is 12.7 Å². The van der Waals surface area contributed by atoms with Gasteiger partial charge in [-0.1, -0.05) is 66.8 Å². The zero-order valence-electron chi connectivity index (χ0n) is 18.2. The fourth-order valence-electron chi connectivity index (χ4n) is 2.78. The predicted octanol–water partition coefficient (Wildman–Crippen LogP) is 4.19. The SMILES string of the molecule is CCCCN(C)S(=O)(=O)c1ccc(C(=O)Nc2nnc(SCC(=O)c3ccccc3)s2)cc1. The van der Waals surface area contributed by atoms with Gasteiger partial charge in [-0.2, -0.15) is 0 Å². The molecule has 0 radical (unpaired) electrons. The highest BCUT2D eigenvalue weighted by Crippen LogP contribution is 2.26. The van der Waals surface area contributed by atoms with Crippen molar-refractivity contribution in [2.45, 2.75) is 29.0 Å². The van der Waals surface area contributed by atoms with Crippen LogP contribution in [0.15, 0.2) is 63.8 Å². The number of nitrogens with one attached hydrogen (secondary N) is 1. The van der Waals surface area contributed by atoms with Gasteiger partial charge < -0.3 is 0 Å². The van der Waals surface area contributed by atoms with Crippen molar-refractivity contribution in [1.82, 2.24) is 14.5 Å². The quantitative estimate of drug-likeness (QED) is 0.237. The zero-order valence-corrected chi connectivity index (χ0v) is 20.7. The number of rotatable bonds is 11. The Morgan fingerprint density at radius 3 is 2.39 bits per heavy atom. The molecular weight excluding hydrogens is 480 g/mol. The summed E-state index contributed by atoms with van der Waals surface area (Å²) in [6.45, 7) is 2.44. The van der Waals surface area contributed by atoms with E-state index in [0.717, 1.165) is 12.8 Å². The van der Waals surface area contributed by atoms with Gasteiger partial charge in [0.25, 0.3) is 5.91 Å². The molecule has 0 aliphatic rings. The van der Waals surface area contributed by atoms with Crippen LogP contribution in [0.3, 0.4) is 0 Å². The molecule has 0 atom stereocenters. The van der Waals surface area contributed by atoms with E-state index in [2.05, 4.69) is 15.5 Å². The molecule has 0 saturated heterocycles. The van der Waals surface area contributed by atoms with Gasteiger partial charge >= 0.3 is 0 Å². The zero-order chi connectivity index (χ0) is 23.8. The normalized spacial score (nSPS) is 11.5. The molecule has 11 heteroatoms. The maximum atomic E-state index is 12.6. The van der Waals surface area contributed by atoms with E-state index in [1.807, 2.05) is 25.1 Å². The summed E-state index contributed by atoms with van der Waals surface area (Å²) in [5, 5.41) is 10.9. The third-order valence-electron chi connectivity index (χ3n) is 4.70. The molecule has 2 aromatic carbocycles. The Kier molecular flexibility index (Phi) is 8.73. The number of unbranched alkanes of at least 4 members (excludes halogenated alkanes) is 1. The van der Waals surface area contributed by atoms with Crippen molar-refractivity contribution in [1.29, 1.82) is 0 Å². The van der Waals surface area contributed by atoms with Gasteiger partial charge in [-0.05, 0) is 30.7 Å². The lowest BCUT2D eigenvalue weighted by Gasteiger charge is -2.16. The molecule has 8 nitrogen and oxygen atoms in total. The van der Waals surface area contributed by atoms with Gasteiger partial charge in [-0.3, -0.25) is 14.9 Å². The molecule has 0 spiro atoms. The van der Waals surface area contributed by atoms with E-state index in [-0.39, 0.29) is 16.4 Å². The van der Waals surface area contributed by atoms with Crippen LogP contribution in [0.5, 0.6) is 0 Å². The Balaban J connectivity index is 1.57. The maximum absolute atomic E-state index is 12.6. The molecule has 0 aliphatic heterocycles. The van der Waals surface area contributed by atoms with Crippen molar-refractivity contribution in [2.75, 3.05) is 24.7 Å². The summed E-state index contributed by atoms with van der Waals surface area (Å²) >= 11 is 2.42. The number of ketones is 1. The van der Waals surface area contributed by atoms with E-state index < -0.39 is 15.9 Å². The number of hydrogen-bond donors (Lipinski definition) is 1. The van der Waals surface area contributed by atoms with Gasteiger partial charge in [-0.15, -0.1) is 10.2 Å². The molecule has 0 aliphatic carbocycles. The van der Waals surface area contributed by atoms with Crippen LogP contribution in [0.25, 0.3) is 0 Å². The van der Waals surface area contributed by atoms with Crippen molar-refractivity contribution in [3.05, 3.63) is 65.7 Å². The molecule has 0 fully saturated rings. The Morgan fingerprint density at radius 1 is 1.03 bits per heavy atom. The number of anilines is 1. The van der Waals surface area contributed by atoms with Crippen molar-refractivity contribution in [3.8, 4) is 0 Å².